The van der Waals surface area contributed by atoms with E-state index in [1.54, 1.807) is 37.3 Å². The zero-order valence-electron chi connectivity index (χ0n) is 15.5. The number of carbonyl (C=O) groups is 2. The number of anilines is 2. The molecule has 0 aromatic heterocycles. The summed E-state index contributed by atoms with van der Waals surface area (Å²) >= 11 is 3.26. The smallest absolute Gasteiger partial charge is 0.245 e. The van der Waals surface area contributed by atoms with Crippen LogP contribution >= 0.6 is 15.9 Å². The van der Waals surface area contributed by atoms with Crippen LogP contribution in [0.3, 0.4) is 0 Å². The number of hydrogen-bond donors (Lipinski definition) is 2. The molecular weight excluding hydrogens is 432 g/mol. The molecule has 0 saturated carbocycles. The zero-order valence-corrected chi connectivity index (χ0v) is 17.9. The van der Waals surface area contributed by atoms with Crippen LogP contribution in [0.25, 0.3) is 0 Å². The summed E-state index contributed by atoms with van der Waals surface area (Å²) in [5, 5.41) is 5.31. The van der Waals surface area contributed by atoms with Crippen LogP contribution in [0, 0.1) is 6.92 Å². The van der Waals surface area contributed by atoms with Crippen molar-refractivity contribution in [1.82, 2.24) is 0 Å². The third kappa shape index (κ3) is 4.56. The molecule has 0 fully saturated rings. The van der Waals surface area contributed by atoms with Gasteiger partial charge in [0.15, 0.2) is 9.84 Å². The van der Waals surface area contributed by atoms with Crippen LogP contribution in [0.15, 0.2) is 51.8 Å². The lowest BCUT2D eigenvalue weighted by Crippen LogP contribution is -2.44. The van der Waals surface area contributed by atoms with Crippen LogP contribution in [-0.4, -0.2) is 25.0 Å². The Morgan fingerprint density at radius 3 is 2.15 bits per heavy atom. The fourth-order valence-corrected chi connectivity index (χ4v) is 3.98. The topological polar surface area (TPSA) is 92.3 Å². The molecule has 2 rings (SSSR count). The fraction of sp³-hybridized carbons (Fsp3) is 0.263. The molecule has 0 bridgehead atoms. The highest BCUT2D eigenvalue weighted by Crippen LogP contribution is 2.29. The average molecular weight is 453 g/mol. The molecule has 0 spiro atoms. The summed E-state index contributed by atoms with van der Waals surface area (Å²) in [5.41, 5.74) is 1.69. The number of halogens is 1. The fourth-order valence-electron chi connectivity index (χ4n) is 2.34. The predicted molar refractivity (Wildman–Crippen MR) is 110 cm³/mol. The SMILES string of the molecule is CC(=O)Nc1ccc(C)c(NC(=O)C(C)(C)S(=O)(=O)c2ccc(Br)cc2)c1. The molecule has 0 aliphatic heterocycles. The first-order chi connectivity index (χ1) is 12.4. The zero-order chi connectivity index (χ0) is 20.4. The molecule has 2 aromatic rings. The normalized spacial score (nSPS) is 11.7. The molecule has 0 aliphatic rings. The van der Waals surface area contributed by atoms with Crippen LogP contribution in [0.2, 0.25) is 0 Å². The Labute approximate surface area is 167 Å². The van der Waals surface area contributed by atoms with E-state index in [2.05, 4.69) is 26.6 Å². The second kappa shape index (κ2) is 7.82. The van der Waals surface area contributed by atoms with Gasteiger partial charge in [-0.1, -0.05) is 22.0 Å². The van der Waals surface area contributed by atoms with E-state index in [1.807, 2.05) is 0 Å². The third-order valence-corrected chi connectivity index (χ3v) is 7.10. The molecule has 0 atom stereocenters. The molecule has 2 aromatic carbocycles. The van der Waals surface area contributed by atoms with Crippen molar-refractivity contribution in [2.45, 2.75) is 37.3 Å². The van der Waals surface area contributed by atoms with E-state index in [1.165, 1.54) is 32.9 Å². The van der Waals surface area contributed by atoms with Crippen molar-refractivity contribution in [2.75, 3.05) is 10.6 Å². The van der Waals surface area contributed by atoms with E-state index in [-0.39, 0.29) is 10.8 Å². The molecule has 0 unspecified atom stereocenters. The van der Waals surface area contributed by atoms with Crippen LogP contribution < -0.4 is 10.6 Å². The van der Waals surface area contributed by atoms with Gasteiger partial charge in [0.2, 0.25) is 11.8 Å². The van der Waals surface area contributed by atoms with Gasteiger partial charge in [0, 0.05) is 22.8 Å². The Hall–Kier alpha value is -2.19. The Balaban J connectivity index is 2.33. The molecule has 8 heteroatoms. The Morgan fingerprint density at radius 1 is 1.00 bits per heavy atom. The maximum atomic E-state index is 13.0. The lowest BCUT2D eigenvalue weighted by molar-refractivity contribution is -0.118. The van der Waals surface area contributed by atoms with E-state index in [4.69, 9.17) is 0 Å². The summed E-state index contributed by atoms with van der Waals surface area (Å²) in [4.78, 5) is 24.1. The number of hydrogen-bond acceptors (Lipinski definition) is 4. The Morgan fingerprint density at radius 2 is 1.59 bits per heavy atom. The van der Waals surface area contributed by atoms with E-state index >= 15 is 0 Å². The summed E-state index contributed by atoms with van der Waals surface area (Å²) in [6.45, 7) is 5.90. The van der Waals surface area contributed by atoms with Gasteiger partial charge >= 0.3 is 0 Å². The van der Waals surface area contributed by atoms with Crippen molar-refractivity contribution in [2.24, 2.45) is 0 Å². The molecule has 0 heterocycles. The summed E-state index contributed by atoms with van der Waals surface area (Å²) < 4.78 is 25.0. The minimum Gasteiger partial charge on any atom is -0.326 e. The molecular formula is C19H21BrN2O4S. The number of rotatable bonds is 5. The van der Waals surface area contributed by atoms with Crippen molar-refractivity contribution >= 4 is 49.0 Å². The van der Waals surface area contributed by atoms with Crippen molar-refractivity contribution in [3.63, 3.8) is 0 Å². The average Bonchev–Trinajstić information content (AvgIpc) is 2.57. The maximum Gasteiger partial charge on any atom is 0.245 e. The van der Waals surface area contributed by atoms with Gasteiger partial charge in [0.25, 0.3) is 0 Å². The van der Waals surface area contributed by atoms with Crippen LogP contribution in [0.4, 0.5) is 11.4 Å². The van der Waals surface area contributed by atoms with Gasteiger partial charge in [0.1, 0.15) is 4.75 Å². The monoisotopic (exact) mass is 452 g/mol. The van der Waals surface area contributed by atoms with Crippen LogP contribution in [0.1, 0.15) is 26.3 Å². The highest BCUT2D eigenvalue weighted by Gasteiger charge is 2.43. The van der Waals surface area contributed by atoms with Gasteiger partial charge in [-0.15, -0.1) is 0 Å². The van der Waals surface area contributed by atoms with E-state index < -0.39 is 20.5 Å². The summed E-state index contributed by atoms with van der Waals surface area (Å²) in [6.07, 6.45) is 0. The summed E-state index contributed by atoms with van der Waals surface area (Å²) in [7, 11) is -3.92. The molecule has 6 nitrogen and oxygen atoms in total. The second-order valence-electron chi connectivity index (χ2n) is 6.63. The standard InChI is InChI=1S/C19H21BrN2O4S/c1-12-5-8-15(21-13(2)23)11-17(12)22-18(24)19(3,4)27(25,26)16-9-6-14(20)7-10-16/h5-11H,1-4H3,(H,21,23)(H,22,24). The third-order valence-electron chi connectivity index (χ3n) is 4.15. The number of sulfone groups is 1. The molecule has 0 aliphatic carbocycles. The maximum absolute atomic E-state index is 13.0. The molecule has 0 radical (unpaired) electrons. The summed E-state index contributed by atoms with van der Waals surface area (Å²) in [6, 6.07) is 11.2. The Bertz CT molecular complexity index is 983. The van der Waals surface area contributed by atoms with Crippen molar-refractivity contribution in [1.29, 1.82) is 0 Å². The van der Waals surface area contributed by atoms with Gasteiger partial charge < -0.3 is 10.6 Å². The van der Waals surface area contributed by atoms with E-state index in [9.17, 15) is 18.0 Å². The van der Waals surface area contributed by atoms with Crippen LogP contribution in [0.5, 0.6) is 0 Å². The number of amides is 2. The Kier molecular flexibility index (Phi) is 6.11. The summed E-state index contributed by atoms with van der Waals surface area (Å²) in [5.74, 6) is -0.900. The quantitative estimate of drug-likeness (QED) is 0.718. The number of nitrogens with one attached hydrogen (secondary N) is 2. The first kappa shape index (κ1) is 21.1. The first-order valence-corrected chi connectivity index (χ1v) is 10.4. The van der Waals surface area contributed by atoms with E-state index in [0.29, 0.717) is 11.4 Å². The second-order valence-corrected chi connectivity index (χ2v) is 10.0. The van der Waals surface area contributed by atoms with Crippen molar-refractivity contribution < 1.29 is 18.0 Å². The minimum atomic E-state index is -3.92. The molecule has 144 valence electrons. The molecule has 27 heavy (non-hydrogen) atoms. The van der Waals surface area contributed by atoms with Gasteiger partial charge in [-0.25, -0.2) is 8.42 Å². The molecule has 2 N–H and O–H groups in total. The molecule has 0 saturated heterocycles. The van der Waals surface area contributed by atoms with E-state index in [0.717, 1.165) is 10.0 Å². The lowest BCUT2D eigenvalue weighted by atomic mass is 10.1. The van der Waals surface area contributed by atoms with Crippen molar-refractivity contribution in [3.8, 4) is 0 Å². The van der Waals surface area contributed by atoms with Gasteiger partial charge in [-0.3, -0.25) is 9.59 Å². The van der Waals surface area contributed by atoms with Gasteiger partial charge in [-0.05, 0) is 62.7 Å². The van der Waals surface area contributed by atoms with Gasteiger partial charge in [-0.2, -0.15) is 0 Å². The van der Waals surface area contributed by atoms with Crippen molar-refractivity contribution in [3.05, 3.63) is 52.5 Å². The number of carbonyl (C=O) groups excluding carboxylic acids is 2. The number of aryl methyl sites for hydroxylation is 1. The number of benzene rings is 2. The predicted octanol–water partition coefficient (Wildman–Crippen LogP) is 3.91. The van der Waals surface area contributed by atoms with Crippen LogP contribution in [-0.2, 0) is 19.4 Å². The molecule has 2 amide bonds. The minimum absolute atomic E-state index is 0.0644. The largest absolute Gasteiger partial charge is 0.326 e. The first-order valence-electron chi connectivity index (χ1n) is 8.15. The highest BCUT2D eigenvalue weighted by atomic mass is 79.9. The van der Waals surface area contributed by atoms with Gasteiger partial charge in [0.05, 0.1) is 4.90 Å². The highest BCUT2D eigenvalue weighted by molar-refractivity contribution is 9.10. The lowest BCUT2D eigenvalue weighted by Gasteiger charge is -2.24.